The molecule has 86 valence electrons. The fourth-order valence-electron chi connectivity index (χ4n) is 3.82. The lowest BCUT2D eigenvalue weighted by atomic mass is 9.64. The summed E-state index contributed by atoms with van der Waals surface area (Å²) in [6.07, 6.45) is 3.53. The van der Waals surface area contributed by atoms with Crippen molar-refractivity contribution in [2.24, 2.45) is 23.2 Å². The maximum atomic E-state index is 11.5. The van der Waals surface area contributed by atoms with Gasteiger partial charge in [-0.05, 0) is 43.9 Å². The van der Waals surface area contributed by atoms with Gasteiger partial charge in [0, 0.05) is 0 Å². The number of hydrogen-bond acceptors (Lipinski definition) is 2. The minimum atomic E-state index is -0.692. The third-order valence-electron chi connectivity index (χ3n) is 4.83. The summed E-state index contributed by atoms with van der Waals surface area (Å²) in [5, 5.41) is 19.2. The zero-order valence-electron chi connectivity index (χ0n) is 9.44. The molecule has 0 amide bonds. The molecule has 0 heterocycles. The van der Waals surface area contributed by atoms with Gasteiger partial charge in [-0.2, -0.15) is 0 Å². The molecule has 5 atom stereocenters. The van der Waals surface area contributed by atoms with Crippen LogP contribution in [0.15, 0.2) is 0 Å². The number of aliphatic carboxylic acids is 1. The first kappa shape index (κ1) is 10.9. The minimum absolute atomic E-state index is 0.134. The highest BCUT2D eigenvalue weighted by molar-refractivity contribution is 5.76. The van der Waals surface area contributed by atoms with Gasteiger partial charge >= 0.3 is 5.97 Å². The van der Waals surface area contributed by atoms with E-state index in [1.54, 1.807) is 6.92 Å². The summed E-state index contributed by atoms with van der Waals surface area (Å²) in [5.41, 5.74) is -0.642. The zero-order valence-corrected chi connectivity index (χ0v) is 9.44. The first-order chi connectivity index (χ1) is 6.98. The predicted molar refractivity (Wildman–Crippen MR) is 56.4 cm³/mol. The van der Waals surface area contributed by atoms with Crippen LogP contribution in [0.2, 0.25) is 0 Å². The second-order valence-electron chi connectivity index (χ2n) is 5.45. The Labute approximate surface area is 90.5 Å². The Balaban J connectivity index is 2.30. The number of rotatable bonds is 3. The summed E-state index contributed by atoms with van der Waals surface area (Å²) in [6.45, 7) is 3.60. The van der Waals surface area contributed by atoms with Crippen LogP contribution in [0.5, 0.6) is 0 Å². The minimum Gasteiger partial charge on any atom is -0.481 e. The first-order valence-corrected chi connectivity index (χ1v) is 5.90. The van der Waals surface area contributed by atoms with Crippen LogP contribution in [-0.2, 0) is 4.79 Å². The third-order valence-corrected chi connectivity index (χ3v) is 4.83. The number of carboxylic acid groups (broad SMARTS) is 1. The topological polar surface area (TPSA) is 57.5 Å². The van der Waals surface area contributed by atoms with Gasteiger partial charge in [0.1, 0.15) is 0 Å². The molecule has 2 N–H and O–H groups in total. The van der Waals surface area contributed by atoms with Crippen molar-refractivity contribution in [2.75, 3.05) is 0 Å². The van der Waals surface area contributed by atoms with E-state index in [1.807, 2.05) is 6.92 Å². The monoisotopic (exact) mass is 212 g/mol. The maximum Gasteiger partial charge on any atom is 0.310 e. The van der Waals surface area contributed by atoms with E-state index in [0.29, 0.717) is 11.8 Å². The molecule has 0 aromatic carbocycles. The van der Waals surface area contributed by atoms with Gasteiger partial charge < -0.3 is 10.2 Å². The van der Waals surface area contributed by atoms with E-state index in [0.717, 1.165) is 19.3 Å². The molecule has 0 aliphatic heterocycles. The van der Waals surface area contributed by atoms with Crippen LogP contribution in [0, 0.1) is 23.2 Å². The average molecular weight is 212 g/mol. The lowest BCUT2D eigenvalue weighted by Crippen LogP contribution is -2.46. The molecular formula is C12H20O3. The number of fused-ring (bicyclic) bond motifs is 2. The zero-order chi connectivity index (χ0) is 11.2. The molecule has 15 heavy (non-hydrogen) atoms. The molecule has 3 heteroatoms. The Kier molecular flexibility index (Phi) is 2.53. The molecule has 0 saturated heterocycles. The van der Waals surface area contributed by atoms with Crippen LogP contribution < -0.4 is 0 Å². The van der Waals surface area contributed by atoms with Crippen LogP contribution in [0.25, 0.3) is 0 Å². The van der Waals surface area contributed by atoms with Gasteiger partial charge in [0.05, 0.1) is 11.5 Å². The number of hydrogen-bond donors (Lipinski definition) is 2. The Hall–Kier alpha value is -0.570. The highest BCUT2D eigenvalue weighted by atomic mass is 16.4. The number of carbonyl (C=O) groups is 1. The van der Waals surface area contributed by atoms with Crippen molar-refractivity contribution in [1.82, 2.24) is 0 Å². The average Bonchev–Trinajstić information content (AvgIpc) is 2.75. The summed E-state index contributed by atoms with van der Waals surface area (Å²) >= 11 is 0. The summed E-state index contributed by atoms with van der Waals surface area (Å²) < 4.78 is 0. The molecule has 2 aliphatic carbocycles. The van der Waals surface area contributed by atoms with Crippen molar-refractivity contribution in [3.05, 3.63) is 0 Å². The van der Waals surface area contributed by atoms with Crippen molar-refractivity contribution in [3.63, 3.8) is 0 Å². The van der Waals surface area contributed by atoms with Crippen molar-refractivity contribution >= 4 is 5.97 Å². The van der Waals surface area contributed by atoms with Gasteiger partial charge in [0.25, 0.3) is 0 Å². The standard InChI is InChI=1S/C12H20O3/c1-7(8(2)13)12(11(14)15)6-9-3-4-10(12)5-9/h7-10,13H,3-6H2,1-2H3,(H,14,15). The van der Waals surface area contributed by atoms with E-state index in [1.165, 1.54) is 6.42 Å². The normalized spacial score (nSPS) is 42.9. The fraction of sp³-hybridized carbons (Fsp3) is 0.917. The Morgan fingerprint density at radius 3 is 2.40 bits per heavy atom. The summed E-state index contributed by atoms with van der Waals surface area (Å²) in [4.78, 5) is 11.5. The fourth-order valence-corrected chi connectivity index (χ4v) is 3.82. The summed E-state index contributed by atoms with van der Waals surface area (Å²) in [5.74, 6) is 0.0605. The van der Waals surface area contributed by atoms with Crippen LogP contribution in [0.3, 0.4) is 0 Å². The Morgan fingerprint density at radius 2 is 2.07 bits per heavy atom. The lowest BCUT2D eigenvalue weighted by Gasteiger charge is -2.40. The van der Waals surface area contributed by atoms with Gasteiger partial charge in [-0.15, -0.1) is 0 Å². The van der Waals surface area contributed by atoms with Crippen LogP contribution in [-0.4, -0.2) is 22.3 Å². The number of aliphatic hydroxyl groups is 1. The largest absolute Gasteiger partial charge is 0.481 e. The number of aliphatic hydroxyl groups excluding tert-OH is 1. The molecule has 2 rings (SSSR count). The van der Waals surface area contributed by atoms with Gasteiger partial charge in [-0.25, -0.2) is 0 Å². The quantitative estimate of drug-likeness (QED) is 0.751. The van der Waals surface area contributed by atoms with Crippen LogP contribution in [0.4, 0.5) is 0 Å². The van der Waals surface area contributed by atoms with Gasteiger partial charge in [0.15, 0.2) is 0 Å². The second-order valence-corrected chi connectivity index (χ2v) is 5.45. The molecular weight excluding hydrogens is 192 g/mol. The van der Waals surface area contributed by atoms with Crippen molar-refractivity contribution in [1.29, 1.82) is 0 Å². The van der Waals surface area contributed by atoms with Crippen molar-refractivity contribution in [3.8, 4) is 0 Å². The predicted octanol–water partition coefficient (Wildman–Crippen LogP) is 1.89. The molecule has 0 aromatic rings. The molecule has 0 spiro atoms. The first-order valence-electron chi connectivity index (χ1n) is 5.90. The highest BCUT2D eigenvalue weighted by Gasteiger charge is 2.59. The highest BCUT2D eigenvalue weighted by Crippen LogP contribution is 2.59. The van der Waals surface area contributed by atoms with E-state index in [4.69, 9.17) is 0 Å². The molecule has 2 saturated carbocycles. The molecule has 2 bridgehead atoms. The van der Waals surface area contributed by atoms with Gasteiger partial charge in [-0.3, -0.25) is 4.79 Å². The maximum absolute atomic E-state index is 11.5. The SMILES string of the molecule is CC(O)C(C)C1(C(=O)O)CC2CCC1C2. The Bertz CT molecular complexity index is 274. The summed E-state index contributed by atoms with van der Waals surface area (Å²) in [6, 6.07) is 0. The van der Waals surface area contributed by atoms with Crippen molar-refractivity contribution in [2.45, 2.75) is 45.6 Å². The molecule has 0 aromatic heterocycles. The molecule has 0 radical (unpaired) electrons. The smallest absolute Gasteiger partial charge is 0.310 e. The van der Waals surface area contributed by atoms with Crippen LogP contribution >= 0.6 is 0 Å². The van der Waals surface area contributed by atoms with Gasteiger partial charge in [0.2, 0.25) is 0 Å². The molecule has 3 nitrogen and oxygen atoms in total. The van der Waals surface area contributed by atoms with Gasteiger partial charge in [-0.1, -0.05) is 13.3 Å². The van der Waals surface area contributed by atoms with E-state index < -0.39 is 17.5 Å². The second kappa shape index (κ2) is 3.48. The summed E-state index contributed by atoms with van der Waals surface area (Å²) in [7, 11) is 0. The Morgan fingerprint density at radius 1 is 1.40 bits per heavy atom. The van der Waals surface area contributed by atoms with Crippen molar-refractivity contribution < 1.29 is 15.0 Å². The third kappa shape index (κ3) is 1.40. The molecule has 2 aliphatic rings. The van der Waals surface area contributed by atoms with E-state index in [-0.39, 0.29) is 5.92 Å². The van der Waals surface area contributed by atoms with E-state index in [2.05, 4.69) is 0 Å². The molecule has 2 fully saturated rings. The molecule has 5 unspecified atom stereocenters. The van der Waals surface area contributed by atoms with E-state index >= 15 is 0 Å². The van der Waals surface area contributed by atoms with E-state index in [9.17, 15) is 15.0 Å². The lowest BCUT2D eigenvalue weighted by molar-refractivity contribution is -0.160. The van der Waals surface area contributed by atoms with Crippen LogP contribution in [0.1, 0.15) is 39.5 Å². The number of carboxylic acids is 1.